The molecule has 2 aromatic carbocycles. The van der Waals surface area contributed by atoms with Gasteiger partial charge in [0.1, 0.15) is 24.1 Å². The number of nitrogens with zero attached hydrogens (tertiary/aromatic N) is 1. The van der Waals surface area contributed by atoms with Crippen LogP contribution < -0.4 is 14.8 Å². The van der Waals surface area contributed by atoms with Crippen molar-refractivity contribution in [3.63, 3.8) is 0 Å². The van der Waals surface area contributed by atoms with Crippen LogP contribution in [0.25, 0.3) is 0 Å². The van der Waals surface area contributed by atoms with E-state index in [2.05, 4.69) is 5.32 Å². The minimum atomic E-state index is -0.894. The molecule has 6 nitrogen and oxygen atoms in total. The number of benzene rings is 2. The molecule has 0 saturated heterocycles. The number of rotatable bonds is 6. The number of nitriles is 1. The van der Waals surface area contributed by atoms with Crippen molar-refractivity contribution in [1.29, 1.82) is 5.26 Å². The van der Waals surface area contributed by atoms with Crippen LogP contribution in [0.4, 0.5) is 4.79 Å². The van der Waals surface area contributed by atoms with Crippen LogP contribution in [0.1, 0.15) is 17.2 Å². The maximum Gasteiger partial charge on any atom is 0.408 e. The van der Waals surface area contributed by atoms with Gasteiger partial charge in [-0.2, -0.15) is 5.26 Å². The van der Waals surface area contributed by atoms with Crippen molar-refractivity contribution < 1.29 is 19.0 Å². The van der Waals surface area contributed by atoms with Gasteiger partial charge in [0, 0.05) is 11.6 Å². The lowest BCUT2D eigenvalue weighted by molar-refractivity contribution is 0.137. The van der Waals surface area contributed by atoms with Gasteiger partial charge in [0.2, 0.25) is 0 Å². The second-order valence-electron chi connectivity index (χ2n) is 4.88. The highest BCUT2D eigenvalue weighted by atomic mass is 16.5. The lowest BCUT2D eigenvalue weighted by atomic mass is 10.1. The summed E-state index contributed by atoms with van der Waals surface area (Å²) in [6.07, 6.45) is -0.678. The normalized spacial score (nSPS) is 11.0. The van der Waals surface area contributed by atoms with Crippen LogP contribution in [-0.2, 0) is 11.3 Å². The molecule has 1 atom stereocenters. The molecule has 0 radical (unpaired) electrons. The standard InChI is InChI=1S/C18H18N2O4/c1-22-14-8-9-15(17(10-14)23-2)16(11-19)20-18(21)24-12-13-6-4-3-5-7-13/h3-10,16H,12H2,1-2H3,(H,20,21). The van der Waals surface area contributed by atoms with Crippen molar-refractivity contribution in [3.05, 3.63) is 59.7 Å². The highest BCUT2D eigenvalue weighted by Gasteiger charge is 2.19. The van der Waals surface area contributed by atoms with E-state index < -0.39 is 12.1 Å². The van der Waals surface area contributed by atoms with Gasteiger partial charge in [-0.05, 0) is 17.7 Å². The Labute approximate surface area is 140 Å². The third-order valence-electron chi connectivity index (χ3n) is 3.36. The maximum absolute atomic E-state index is 11.9. The van der Waals surface area contributed by atoms with E-state index in [1.54, 1.807) is 18.2 Å². The fraction of sp³-hybridized carbons (Fsp3) is 0.222. The molecule has 2 rings (SSSR count). The summed E-state index contributed by atoms with van der Waals surface area (Å²) >= 11 is 0. The quantitative estimate of drug-likeness (QED) is 0.881. The fourth-order valence-electron chi connectivity index (χ4n) is 2.12. The van der Waals surface area contributed by atoms with E-state index in [1.165, 1.54) is 14.2 Å². The lowest BCUT2D eigenvalue weighted by Crippen LogP contribution is -2.28. The number of carbonyl (C=O) groups is 1. The molecule has 1 amide bonds. The van der Waals surface area contributed by atoms with Crippen LogP contribution in [-0.4, -0.2) is 20.3 Å². The van der Waals surface area contributed by atoms with Gasteiger partial charge < -0.3 is 19.5 Å². The summed E-state index contributed by atoms with van der Waals surface area (Å²) < 4.78 is 15.5. The SMILES string of the molecule is COc1ccc(C(C#N)NC(=O)OCc2ccccc2)c(OC)c1. The van der Waals surface area contributed by atoms with E-state index in [4.69, 9.17) is 14.2 Å². The first-order chi connectivity index (χ1) is 11.7. The summed E-state index contributed by atoms with van der Waals surface area (Å²) in [6, 6.07) is 15.4. The van der Waals surface area contributed by atoms with Crippen LogP contribution in [0.3, 0.4) is 0 Å². The zero-order chi connectivity index (χ0) is 17.4. The molecular weight excluding hydrogens is 308 g/mol. The zero-order valence-corrected chi connectivity index (χ0v) is 13.5. The topological polar surface area (TPSA) is 80.6 Å². The monoisotopic (exact) mass is 326 g/mol. The molecule has 2 aromatic rings. The first kappa shape index (κ1) is 17.2. The molecular formula is C18H18N2O4. The Hall–Kier alpha value is -3.20. The van der Waals surface area contributed by atoms with Crippen LogP contribution in [0.2, 0.25) is 0 Å². The molecule has 0 aliphatic carbocycles. The summed E-state index contributed by atoms with van der Waals surface area (Å²) in [5.74, 6) is 1.04. The summed E-state index contributed by atoms with van der Waals surface area (Å²) in [4.78, 5) is 11.9. The molecule has 0 spiro atoms. The Balaban J connectivity index is 2.04. The molecule has 1 N–H and O–H groups in total. The van der Waals surface area contributed by atoms with Crippen LogP contribution >= 0.6 is 0 Å². The van der Waals surface area contributed by atoms with Crippen LogP contribution in [0.15, 0.2) is 48.5 Å². The van der Waals surface area contributed by atoms with Gasteiger partial charge in [0.15, 0.2) is 0 Å². The summed E-state index contributed by atoms with van der Waals surface area (Å²) in [5, 5.41) is 11.9. The summed E-state index contributed by atoms with van der Waals surface area (Å²) in [5.41, 5.74) is 1.39. The van der Waals surface area contributed by atoms with Gasteiger partial charge in [-0.25, -0.2) is 4.79 Å². The number of methoxy groups -OCH3 is 2. The third-order valence-corrected chi connectivity index (χ3v) is 3.36. The number of alkyl carbamates (subject to hydrolysis) is 1. The van der Waals surface area contributed by atoms with Gasteiger partial charge in [-0.3, -0.25) is 0 Å². The predicted molar refractivity (Wildman–Crippen MR) is 87.7 cm³/mol. The van der Waals surface area contributed by atoms with Crippen molar-refractivity contribution in [3.8, 4) is 17.6 Å². The van der Waals surface area contributed by atoms with E-state index in [0.717, 1.165) is 5.56 Å². The van der Waals surface area contributed by atoms with Crippen molar-refractivity contribution in [2.24, 2.45) is 0 Å². The van der Waals surface area contributed by atoms with Crippen molar-refractivity contribution >= 4 is 6.09 Å². The molecule has 124 valence electrons. The number of hydrogen-bond donors (Lipinski definition) is 1. The molecule has 0 heterocycles. The van der Waals surface area contributed by atoms with E-state index in [0.29, 0.717) is 17.1 Å². The Kier molecular flexibility index (Phi) is 6.03. The zero-order valence-electron chi connectivity index (χ0n) is 13.5. The van der Waals surface area contributed by atoms with Crippen molar-refractivity contribution in [2.75, 3.05) is 14.2 Å². The van der Waals surface area contributed by atoms with Gasteiger partial charge in [0.05, 0.1) is 20.3 Å². The minimum absolute atomic E-state index is 0.130. The van der Waals surface area contributed by atoms with Gasteiger partial charge in [-0.1, -0.05) is 30.3 Å². The smallest absolute Gasteiger partial charge is 0.408 e. The van der Waals surface area contributed by atoms with E-state index >= 15 is 0 Å². The average Bonchev–Trinajstić information content (AvgIpc) is 2.64. The number of nitrogens with one attached hydrogen (secondary N) is 1. The Morgan fingerprint density at radius 1 is 1.17 bits per heavy atom. The Morgan fingerprint density at radius 2 is 1.92 bits per heavy atom. The van der Waals surface area contributed by atoms with Gasteiger partial charge >= 0.3 is 6.09 Å². The molecule has 0 aliphatic heterocycles. The second kappa shape index (κ2) is 8.44. The molecule has 0 bridgehead atoms. The lowest BCUT2D eigenvalue weighted by Gasteiger charge is -2.16. The van der Waals surface area contributed by atoms with Crippen molar-refractivity contribution in [2.45, 2.75) is 12.6 Å². The van der Waals surface area contributed by atoms with Crippen molar-refractivity contribution in [1.82, 2.24) is 5.32 Å². The first-order valence-corrected chi connectivity index (χ1v) is 7.26. The average molecular weight is 326 g/mol. The largest absolute Gasteiger partial charge is 0.497 e. The minimum Gasteiger partial charge on any atom is -0.497 e. The molecule has 1 unspecified atom stereocenters. The number of amides is 1. The molecule has 6 heteroatoms. The molecule has 0 saturated carbocycles. The highest BCUT2D eigenvalue weighted by molar-refractivity contribution is 5.69. The van der Waals surface area contributed by atoms with Gasteiger partial charge in [-0.15, -0.1) is 0 Å². The van der Waals surface area contributed by atoms with E-state index in [1.807, 2.05) is 36.4 Å². The van der Waals surface area contributed by atoms with Crippen LogP contribution in [0, 0.1) is 11.3 Å². The Morgan fingerprint density at radius 3 is 2.54 bits per heavy atom. The Bertz CT molecular complexity index is 726. The third kappa shape index (κ3) is 4.40. The summed E-state index contributed by atoms with van der Waals surface area (Å²) in [6.45, 7) is 0.130. The summed E-state index contributed by atoms with van der Waals surface area (Å²) in [7, 11) is 3.02. The highest BCUT2D eigenvalue weighted by Crippen LogP contribution is 2.29. The molecule has 0 fully saturated rings. The fourth-order valence-corrected chi connectivity index (χ4v) is 2.12. The molecule has 24 heavy (non-hydrogen) atoms. The van der Waals surface area contributed by atoms with E-state index in [9.17, 15) is 10.1 Å². The predicted octanol–water partition coefficient (Wildman–Crippen LogP) is 3.19. The maximum atomic E-state index is 11.9. The number of carbonyl (C=O) groups excluding carboxylic acids is 1. The molecule has 0 aromatic heterocycles. The second-order valence-corrected chi connectivity index (χ2v) is 4.88. The first-order valence-electron chi connectivity index (χ1n) is 7.26. The number of hydrogen-bond acceptors (Lipinski definition) is 5. The number of ether oxygens (including phenoxy) is 3. The van der Waals surface area contributed by atoms with E-state index in [-0.39, 0.29) is 6.61 Å². The van der Waals surface area contributed by atoms with Gasteiger partial charge in [0.25, 0.3) is 0 Å². The molecule has 0 aliphatic rings. The van der Waals surface area contributed by atoms with Crippen LogP contribution in [0.5, 0.6) is 11.5 Å².